The number of rotatable bonds is 5. The third-order valence-corrected chi connectivity index (χ3v) is 5.58. The molecule has 3 aromatic carbocycles. The number of anilines is 1. The van der Waals surface area contributed by atoms with Gasteiger partial charge < -0.3 is 14.5 Å². The molecule has 0 atom stereocenters. The summed E-state index contributed by atoms with van der Waals surface area (Å²) in [7, 11) is 0. The van der Waals surface area contributed by atoms with E-state index in [4.69, 9.17) is 32.4 Å². The molecule has 5 nitrogen and oxygen atoms in total. The van der Waals surface area contributed by atoms with E-state index < -0.39 is 0 Å². The van der Waals surface area contributed by atoms with E-state index >= 15 is 0 Å². The first-order valence-electron chi connectivity index (χ1n) is 8.94. The van der Waals surface area contributed by atoms with Crippen LogP contribution in [-0.4, -0.2) is 17.5 Å². The Morgan fingerprint density at radius 2 is 1.90 bits per heavy atom. The van der Waals surface area contributed by atoms with E-state index in [9.17, 15) is 4.79 Å². The van der Waals surface area contributed by atoms with Crippen LogP contribution in [0.2, 0.25) is 10.0 Å². The van der Waals surface area contributed by atoms with Crippen LogP contribution >= 0.6 is 39.1 Å². The number of carbonyl (C=O) groups excluding carboxylic acids is 1. The third kappa shape index (κ3) is 4.61. The van der Waals surface area contributed by atoms with Gasteiger partial charge in [-0.1, -0.05) is 39.1 Å². The summed E-state index contributed by atoms with van der Waals surface area (Å²) in [5.74, 6) is 0.691. The van der Waals surface area contributed by atoms with Gasteiger partial charge in [0.2, 0.25) is 5.89 Å². The van der Waals surface area contributed by atoms with Gasteiger partial charge in [0.25, 0.3) is 5.91 Å². The van der Waals surface area contributed by atoms with Crippen molar-refractivity contribution < 1.29 is 13.9 Å². The standard InChI is InChI=1S/C22H15BrCl2N2O3/c1-12-8-15(4-6-17(12)24)29-11-21(28)26-14-3-7-20-19(10-14)27-22(30-20)16-9-13(23)2-5-18(16)25/h2-10H,11H2,1H3,(H,26,28). The zero-order valence-corrected chi connectivity index (χ0v) is 18.8. The van der Waals surface area contributed by atoms with Crippen LogP contribution < -0.4 is 10.1 Å². The average molecular weight is 506 g/mol. The minimum Gasteiger partial charge on any atom is -0.484 e. The maximum atomic E-state index is 12.3. The Labute approximate surface area is 191 Å². The highest BCUT2D eigenvalue weighted by Gasteiger charge is 2.13. The molecule has 152 valence electrons. The third-order valence-electron chi connectivity index (χ3n) is 4.33. The lowest BCUT2D eigenvalue weighted by atomic mass is 10.2. The van der Waals surface area contributed by atoms with Gasteiger partial charge in [-0.3, -0.25) is 4.79 Å². The summed E-state index contributed by atoms with van der Waals surface area (Å²) in [5, 5.41) is 3.98. The number of oxazole rings is 1. The van der Waals surface area contributed by atoms with Crippen LogP contribution in [0, 0.1) is 6.92 Å². The lowest BCUT2D eigenvalue weighted by molar-refractivity contribution is -0.118. The predicted molar refractivity (Wildman–Crippen MR) is 122 cm³/mol. The Kier molecular flexibility index (Phi) is 5.99. The number of aryl methyl sites for hydroxylation is 1. The summed E-state index contributed by atoms with van der Waals surface area (Å²) >= 11 is 15.7. The average Bonchev–Trinajstić information content (AvgIpc) is 3.14. The molecule has 1 N–H and O–H groups in total. The topological polar surface area (TPSA) is 64.4 Å². The Morgan fingerprint density at radius 3 is 2.70 bits per heavy atom. The number of ether oxygens (including phenoxy) is 1. The van der Waals surface area contributed by atoms with Crippen molar-refractivity contribution in [3.63, 3.8) is 0 Å². The Bertz CT molecular complexity index is 1260. The molecule has 30 heavy (non-hydrogen) atoms. The summed E-state index contributed by atoms with van der Waals surface area (Å²) in [6, 6.07) is 15.9. The highest BCUT2D eigenvalue weighted by Crippen LogP contribution is 2.33. The van der Waals surface area contributed by atoms with Crippen LogP contribution in [0.1, 0.15) is 5.56 Å². The van der Waals surface area contributed by atoms with Crippen molar-refractivity contribution in [3.05, 3.63) is 74.7 Å². The highest BCUT2D eigenvalue weighted by atomic mass is 79.9. The zero-order chi connectivity index (χ0) is 21.3. The van der Waals surface area contributed by atoms with E-state index in [0.717, 1.165) is 10.0 Å². The van der Waals surface area contributed by atoms with Crippen molar-refractivity contribution in [2.75, 3.05) is 11.9 Å². The van der Waals surface area contributed by atoms with Crippen LogP contribution in [0.25, 0.3) is 22.6 Å². The number of nitrogens with zero attached hydrogens (tertiary/aromatic N) is 1. The van der Waals surface area contributed by atoms with Gasteiger partial charge >= 0.3 is 0 Å². The molecule has 4 rings (SSSR count). The molecule has 0 fully saturated rings. The van der Waals surface area contributed by atoms with Crippen LogP contribution in [0.4, 0.5) is 5.69 Å². The number of hydrogen-bond donors (Lipinski definition) is 1. The predicted octanol–water partition coefficient (Wildman–Crippen LogP) is 6.89. The second kappa shape index (κ2) is 8.68. The normalized spacial score (nSPS) is 10.9. The molecule has 0 aliphatic carbocycles. The summed E-state index contributed by atoms with van der Waals surface area (Å²) in [6.07, 6.45) is 0. The smallest absolute Gasteiger partial charge is 0.262 e. The molecule has 0 aliphatic rings. The monoisotopic (exact) mass is 504 g/mol. The first-order valence-corrected chi connectivity index (χ1v) is 10.5. The molecule has 0 bridgehead atoms. The number of carbonyl (C=O) groups is 1. The van der Waals surface area contributed by atoms with E-state index in [1.165, 1.54) is 0 Å². The van der Waals surface area contributed by atoms with Crippen molar-refractivity contribution in [1.82, 2.24) is 4.98 Å². The van der Waals surface area contributed by atoms with Gasteiger partial charge in [0.05, 0.1) is 10.6 Å². The van der Waals surface area contributed by atoms with Crippen molar-refractivity contribution >= 4 is 61.8 Å². The molecule has 0 saturated heterocycles. The molecular formula is C22H15BrCl2N2O3. The molecule has 8 heteroatoms. The van der Waals surface area contributed by atoms with Gasteiger partial charge in [0.15, 0.2) is 12.2 Å². The number of benzene rings is 3. The minimum absolute atomic E-state index is 0.128. The molecule has 0 saturated carbocycles. The Hall–Kier alpha value is -2.54. The molecule has 0 spiro atoms. The van der Waals surface area contributed by atoms with Crippen molar-refractivity contribution in [1.29, 1.82) is 0 Å². The van der Waals surface area contributed by atoms with Crippen LogP contribution in [0.5, 0.6) is 5.75 Å². The van der Waals surface area contributed by atoms with Crippen LogP contribution in [-0.2, 0) is 4.79 Å². The second-order valence-corrected chi connectivity index (χ2v) is 8.30. The minimum atomic E-state index is -0.291. The fourth-order valence-electron chi connectivity index (χ4n) is 2.83. The van der Waals surface area contributed by atoms with Crippen LogP contribution in [0.15, 0.2) is 63.5 Å². The lowest BCUT2D eigenvalue weighted by Crippen LogP contribution is -2.20. The Morgan fingerprint density at radius 1 is 1.10 bits per heavy atom. The van der Waals surface area contributed by atoms with Gasteiger partial charge in [-0.05, 0) is 67.1 Å². The van der Waals surface area contributed by atoms with Crippen molar-refractivity contribution in [2.45, 2.75) is 6.92 Å². The molecule has 0 aliphatic heterocycles. The second-order valence-electron chi connectivity index (χ2n) is 6.57. The van der Waals surface area contributed by atoms with Gasteiger partial charge in [-0.15, -0.1) is 0 Å². The first kappa shape index (κ1) is 20.7. The van der Waals surface area contributed by atoms with E-state index in [0.29, 0.717) is 44.0 Å². The maximum absolute atomic E-state index is 12.3. The summed E-state index contributed by atoms with van der Waals surface area (Å²) in [4.78, 5) is 16.8. The van der Waals surface area contributed by atoms with Gasteiger partial charge in [0.1, 0.15) is 11.3 Å². The SMILES string of the molecule is Cc1cc(OCC(=O)Nc2ccc3oc(-c4cc(Br)ccc4Cl)nc3c2)ccc1Cl. The molecule has 1 amide bonds. The summed E-state index contributed by atoms with van der Waals surface area (Å²) < 4.78 is 12.2. The van der Waals surface area contributed by atoms with E-state index in [2.05, 4.69) is 26.2 Å². The summed E-state index contributed by atoms with van der Waals surface area (Å²) in [5.41, 5.74) is 3.34. The van der Waals surface area contributed by atoms with E-state index in [1.807, 2.05) is 19.1 Å². The molecule has 0 unspecified atom stereocenters. The highest BCUT2D eigenvalue weighted by molar-refractivity contribution is 9.10. The molecule has 1 heterocycles. The van der Waals surface area contributed by atoms with Crippen molar-refractivity contribution in [3.8, 4) is 17.2 Å². The molecule has 0 radical (unpaired) electrons. The maximum Gasteiger partial charge on any atom is 0.262 e. The zero-order valence-electron chi connectivity index (χ0n) is 15.7. The number of nitrogens with one attached hydrogen (secondary N) is 1. The number of halogens is 3. The quantitative estimate of drug-likeness (QED) is 0.320. The molecule has 1 aromatic heterocycles. The Balaban J connectivity index is 1.47. The fraction of sp³-hybridized carbons (Fsp3) is 0.0909. The van der Waals surface area contributed by atoms with Crippen molar-refractivity contribution in [2.24, 2.45) is 0 Å². The first-order chi connectivity index (χ1) is 14.4. The summed E-state index contributed by atoms with van der Waals surface area (Å²) in [6.45, 7) is 1.74. The van der Waals surface area contributed by atoms with Gasteiger partial charge in [-0.2, -0.15) is 0 Å². The molecular weight excluding hydrogens is 491 g/mol. The van der Waals surface area contributed by atoms with Crippen LogP contribution in [0.3, 0.4) is 0 Å². The number of amides is 1. The van der Waals surface area contributed by atoms with E-state index in [-0.39, 0.29) is 12.5 Å². The largest absolute Gasteiger partial charge is 0.484 e. The lowest BCUT2D eigenvalue weighted by Gasteiger charge is -2.08. The van der Waals surface area contributed by atoms with Gasteiger partial charge in [0, 0.05) is 15.2 Å². The fourth-order valence-corrected chi connectivity index (χ4v) is 3.51. The van der Waals surface area contributed by atoms with E-state index in [1.54, 1.807) is 42.5 Å². The number of aromatic nitrogens is 1. The molecule has 4 aromatic rings. The number of fused-ring (bicyclic) bond motifs is 1. The van der Waals surface area contributed by atoms with Gasteiger partial charge in [-0.25, -0.2) is 4.98 Å². The number of hydrogen-bond acceptors (Lipinski definition) is 4.